The summed E-state index contributed by atoms with van der Waals surface area (Å²) in [5.41, 5.74) is 0.308. The number of hydrogen-bond donors (Lipinski definition) is 2. The molecule has 7 nitrogen and oxygen atoms in total. The van der Waals surface area contributed by atoms with Crippen molar-refractivity contribution in [2.45, 2.75) is 13.0 Å². The van der Waals surface area contributed by atoms with Crippen molar-refractivity contribution in [3.8, 4) is 0 Å². The number of halogens is 1. The number of nitrogens with one attached hydrogen (secondary N) is 2. The van der Waals surface area contributed by atoms with Crippen molar-refractivity contribution in [1.82, 2.24) is 15.2 Å². The van der Waals surface area contributed by atoms with Crippen LogP contribution in [0.2, 0.25) is 5.02 Å². The number of nitrogens with zero attached hydrogens (tertiary/aromatic N) is 3. The lowest BCUT2D eigenvalue weighted by molar-refractivity contribution is -0.384. The molecule has 0 fully saturated rings. The molecular weight excluding hydrogens is 258 g/mol. The number of aromatic nitrogens is 3. The Morgan fingerprint density at radius 2 is 2.33 bits per heavy atom. The van der Waals surface area contributed by atoms with Gasteiger partial charge in [-0.1, -0.05) is 11.6 Å². The van der Waals surface area contributed by atoms with Crippen LogP contribution in [0.15, 0.2) is 24.5 Å². The summed E-state index contributed by atoms with van der Waals surface area (Å²) >= 11 is 5.74. The monoisotopic (exact) mass is 267 g/mol. The molecule has 0 amide bonds. The van der Waals surface area contributed by atoms with Crippen LogP contribution in [-0.2, 0) is 0 Å². The Kier molecular flexibility index (Phi) is 3.42. The summed E-state index contributed by atoms with van der Waals surface area (Å²) in [5.74, 6) is 0.597. The van der Waals surface area contributed by atoms with Crippen LogP contribution in [0.25, 0.3) is 0 Å². The van der Waals surface area contributed by atoms with Crippen LogP contribution >= 0.6 is 11.6 Å². The zero-order valence-corrected chi connectivity index (χ0v) is 10.2. The van der Waals surface area contributed by atoms with Gasteiger partial charge in [0.1, 0.15) is 17.8 Å². The molecule has 1 aromatic heterocycles. The van der Waals surface area contributed by atoms with E-state index < -0.39 is 4.92 Å². The molecule has 0 aliphatic carbocycles. The van der Waals surface area contributed by atoms with Crippen molar-refractivity contribution in [1.29, 1.82) is 0 Å². The molecule has 0 saturated carbocycles. The number of rotatable bonds is 4. The second-order valence-electron chi connectivity index (χ2n) is 3.66. The summed E-state index contributed by atoms with van der Waals surface area (Å²) in [4.78, 5) is 14.4. The minimum Gasteiger partial charge on any atom is -0.370 e. The normalized spacial score (nSPS) is 12.1. The SMILES string of the molecule is C[C@H](Nc1ccc(Cl)cc1[N+](=O)[O-])c1ncn[nH]1. The van der Waals surface area contributed by atoms with Gasteiger partial charge in [0.25, 0.3) is 5.69 Å². The molecule has 0 bridgehead atoms. The van der Waals surface area contributed by atoms with Gasteiger partial charge in [0.05, 0.1) is 11.0 Å². The predicted octanol–water partition coefficient (Wildman–Crippen LogP) is 2.54. The molecular formula is C10H10ClN5O2. The first-order valence-corrected chi connectivity index (χ1v) is 5.51. The van der Waals surface area contributed by atoms with E-state index in [1.807, 2.05) is 6.92 Å². The van der Waals surface area contributed by atoms with Crippen LogP contribution in [0.5, 0.6) is 0 Å². The second-order valence-corrected chi connectivity index (χ2v) is 4.09. The highest BCUT2D eigenvalue weighted by Crippen LogP contribution is 2.29. The largest absolute Gasteiger partial charge is 0.370 e. The van der Waals surface area contributed by atoms with Crippen LogP contribution in [-0.4, -0.2) is 20.1 Å². The van der Waals surface area contributed by atoms with Gasteiger partial charge < -0.3 is 5.32 Å². The molecule has 1 atom stereocenters. The lowest BCUT2D eigenvalue weighted by Crippen LogP contribution is -2.10. The Bertz CT molecular complexity index is 557. The molecule has 2 N–H and O–H groups in total. The van der Waals surface area contributed by atoms with Gasteiger partial charge in [-0.05, 0) is 19.1 Å². The number of nitro benzene ring substituents is 1. The molecule has 2 rings (SSSR count). The second kappa shape index (κ2) is 5.01. The number of H-pyrrole nitrogens is 1. The van der Waals surface area contributed by atoms with Crippen molar-refractivity contribution < 1.29 is 4.92 Å². The Labute approximate surface area is 107 Å². The molecule has 0 aliphatic heterocycles. The lowest BCUT2D eigenvalue weighted by Gasteiger charge is -2.12. The Morgan fingerprint density at radius 3 is 2.94 bits per heavy atom. The highest BCUT2D eigenvalue weighted by molar-refractivity contribution is 6.30. The van der Waals surface area contributed by atoms with E-state index in [-0.39, 0.29) is 11.7 Å². The van der Waals surface area contributed by atoms with Crippen LogP contribution in [0.1, 0.15) is 18.8 Å². The molecule has 0 saturated heterocycles. The van der Waals surface area contributed by atoms with Gasteiger partial charge in [-0.2, -0.15) is 5.10 Å². The van der Waals surface area contributed by atoms with Gasteiger partial charge in [0.15, 0.2) is 0 Å². The van der Waals surface area contributed by atoms with Crippen LogP contribution < -0.4 is 5.32 Å². The molecule has 8 heteroatoms. The van der Waals surface area contributed by atoms with E-state index in [1.165, 1.54) is 12.4 Å². The maximum Gasteiger partial charge on any atom is 0.293 e. The molecule has 0 aliphatic rings. The first kappa shape index (κ1) is 12.3. The van der Waals surface area contributed by atoms with Gasteiger partial charge in [-0.15, -0.1) is 0 Å². The lowest BCUT2D eigenvalue weighted by atomic mass is 10.2. The summed E-state index contributed by atoms with van der Waals surface area (Å²) in [7, 11) is 0. The van der Waals surface area contributed by atoms with Crippen molar-refractivity contribution in [3.63, 3.8) is 0 Å². The summed E-state index contributed by atoms with van der Waals surface area (Å²) in [6.45, 7) is 1.82. The summed E-state index contributed by atoms with van der Waals surface area (Å²) < 4.78 is 0. The first-order valence-electron chi connectivity index (χ1n) is 5.13. The Morgan fingerprint density at radius 1 is 1.56 bits per heavy atom. The standard InChI is InChI=1S/C10H10ClN5O2/c1-6(10-12-5-13-15-10)14-8-3-2-7(11)4-9(8)16(17)18/h2-6,14H,1H3,(H,12,13,15)/t6-/m0/s1. The number of anilines is 1. The molecule has 0 spiro atoms. The summed E-state index contributed by atoms with van der Waals surface area (Å²) in [6, 6.07) is 4.22. The molecule has 2 aromatic rings. The zero-order valence-electron chi connectivity index (χ0n) is 9.42. The van der Waals surface area contributed by atoms with Crippen molar-refractivity contribution in [2.75, 3.05) is 5.32 Å². The zero-order chi connectivity index (χ0) is 13.1. The smallest absolute Gasteiger partial charge is 0.293 e. The van der Waals surface area contributed by atoms with E-state index in [4.69, 9.17) is 11.6 Å². The maximum atomic E-state index is 10.9. The van der Waals surface area contributed by atoms with Crippen molar-refractivity contribution >= 4 is 23.0 Å². The number of hydrogen-bond acceptors (Lipinski definition) is 5. The molecule has 94 valence electrons. The Balaban J connectivity index is 2.26. The minimum absolute atomic E-state index is 0.0751. The third-order valence-corrected chi connectivity index (χ3v) is 2.61. The van der Waals surface area contributed by atoms with E-state index in [0.29, 0.717) is 16.5 Å². The van der Waals surface area contributed by atoms with Crippen LogP contribution in [0, 0.1) is 10.1 Å². The average Bonchev–Trinajstić information content (AvgIpc) is 2.84. The fourth-order valence-electron chi connectivity index (χ4n) is 1.50. The summed E-state index contributed by atoms with van der Waals surface area (Å²) in [6.07, 6.45) is 1.38. The highest BCUT2D eigenvalue weighted by Gasteiger charge is 2.17. The van der Waals surface area contributed by atoms with E-state index in [9.17, 15) is 10.1 Å². The fraction of sp³-hybridized carbons (Fsp3) is 0.200. The van der Waals surface area contributed by atoms with E-state index >= 15 is 0 Å². The van der Waals surface area contributed by atoms with Gasteiger partial charge in [0.2, 0.25) is 0 Å². The predicted molar refractivity (Wildman–Crippen MR) is 66.5 cm³/mol. The molecule has 1 aromatic carbocycles. The maximum absolute atomic E-state index is 10.9. The molecule has 0 radical (unpaired) electrons. The molecule has 1 heterocycles. The minimum atomic E-state index is -0.485. The fourth-order valence-corrected chi connectivity index (χ4v) is 1.67. The van der Waals surface area contributed by atoms with E-state index in [0.717, 1.165) is 0 Å². The number of benzene rings is 1. The molecule has 18 heavy (non-hydrogen) atoms. The Hall–Kier alpha value is -2.15. The highest BCUT2D eigenvalue weighted by atomic mass is 35.5. The van der Waals surface area contributed by atoms with Crippen molar-refractivity contribution in [3.05, 3.63) is 45.5 Å². The summed E-state index contributed by atoms with van der Waals surface area (Å²) in [5, 5.41) is 20.6. The van der Waals surface area contributed by atoms with Crippen LogP contribution in [0.4, 0.5) is 11.4 Å². The van der Waals surface area contributed by atoms with E-state index in [2.05, 4.69) is 20.5 Å². The third-order valence-electron chi connectivity index (χ3n) is 2.37. The number of nitro groups is 1. The van der Waals surface area contributed by atoms with Gasteiger partial charge >= 0.3 is 0 Å². The first-order chi connectivity index (χ1) is 8.58. The number of aromatic amines is 1. The van der Waals surface area contributed by atoms with Gasteiger partial charge in [-0.3, -0.25) is 15.2 Å². The third kappa shape index (κ3) is 2.57. The quantitative estimate of drug-likeness (QED) is 0.655. The van der Waals surface area contributed by atoms with Crippen molar-refractivity contribution in [2.24, 2.45) is 0 Å². The topological polar surface area (TPSA) is 96.7 Å². The van der Waals surface area contributed by atoms with E-state index in [1.54, 1.807) is 12.1 Å². The van der Waals surface area contributed by atoms with Gasteiger partial charge in [-0.25, -0.2) is 4.98 Å². The molecule has 0 unspecified atom stereocenters. The van der Waals surface area contributed by atoms with Gasteiger partial charge in [0, 0.05) is 11.1 Å². The average molecular weight is 268 g/mol. The van der Waals surface area contributed by atoms with Crippen LogP contribution in [0.3, 0.4) is 0 Å².